The number of nitrogens with one attached hydrogen (secondary N) is 1. The van der Waals surface area contributed by atoms with Gasteiger partial charge in [-0.25, -0.2) is 0 Å². The molecule has 0 aliphatic carbocycles. The van der Waals surface area contributed by atoms with Gasteiger partial charge in [0.2, 0.25) is 0 Å². The first kappa shape index (κ1) is 14.6. The average Bonchev–Trinajstić information content (AvgIpc) is 2.92. The Hall–Kier alpha value is -1.32. The van der Waals surface area contributed by atoms with Gasteiger partial charge in [0, 0.05) is 29.8 Å². The van der Waals surface area contributed by atoms with Gasteiger partial charge in [0.1, 0.15) is 0 Å². The summed E-state index contributed by atoms with van der Waals surface area (Å²) < 4.78 is 1.15. The Morgan fingerprint density at radius 2 is 1.81 bits per heavy atom. The first-order valence-electron chi connectivity index (χ1n) is 7.59. The Morgan fingerprint density at radius 3 is 2.48 bits per heavy atom. The Kier molecular flexibility index (Phi) is 4.61. The Balaban J connectivity index is 1.83. The maximum Gasteiger partial charge on any atom is 0.0436 e. The first-order chi connectivity index (χ1) is 10.3. The summed E-state index contributed by atoms with van der Waals surface area (Å²) in [7, 11) is 0. The lowest BCUT2D eigenvalue weighted by Gasteiger charge is -2.22. The number of rotatable bonds is 5. The molecule has 0 amide bonds. The Morgan fingerprint density at radius 1 is 1.10 bits per heavy atom. The molecule has 0 bridgehead atoms. The van der Waals surface area contributed by atoms with Gasteiger partial charge >= 0.3 is 0 Å². The van der Waals surface area contributed by atoms with Crippen LogP contribution in [0.1, 0.15) is 30.0 Å². The van der Waals surface area contributed by atoms with E-state index in [0.29, 0.717) is 0 Å². The molecule has 0 saturated heterocycles. The molecule has 0 fully saturated rings. The van der Waals surface area contributed by atoms with Crippen LogP contribution in [0.4, 0.5) is 5.69 Å². The van der Waals surface area contributed by atoms with Crippen molar-refractivity contribution in [2.24, 2.45) is 0 Å². The van der Waals surface area contributed by atoms with Crippen LogP contribution in [0.5, 0.6) is 0 Å². The molecule has 0 aromatic heterocycles. The third-order valence-corrected chi connectivity index (χ3v) is 4.46. The zero-order chi connectivity index (χ0) is 14.7. The van der Waals surface area contributed by atoms with Crippen LogP contribution in [0.15, 0.2) is 46.9 Å². The summed E-state index contributed by atoms with van der Waals surface area (Å²) in [4.78, 5) is 2.47. The van der Waals surface area contributed by atoms with Crippen molar-refractivity contribution in [2.45, 2.75) is 33.0 Å². The highest BCUT2D eigenvalue weighted by Crippen LogP contribution is 2.32. The van der Waals surface area contributed by atoms with E-state index in [4.69, 9.17) is 0 Å². The normalized spacial score (nSPS) is 13.5. The number of halogens is 1. The van der Waals surface area contributed by atoms with Gasteiger partial charge in [0.05, 0.1) is 0 Å². The topological polar surface area (TPSA) is 15.3 Å². The number of anilines is 1. The molecule has 1 heterocycles. The molecule has 0 spiro atoms. The number of hydrogen-bond donors (Lipinski definition) is 1. The fourth-order valence-corrected chi connectivity index (χ4v) is 3.23. The number of hydrogen-bond acceptors (Lipinski definition) is 2. The van der Waals surface area contributed by atoms with E-state index in [0.717, 1.165) is 30.7 Å². The summed E-state index contributed by atoms with van der Waals surface area (Å²) in [6.45, 7) is 6.21. The van der Waals surface area contributed by atoms with Crippen LogP contribution in [-0.4, -0.2) is 6.54 Å². The summed E-state index contributed by atoms with van der Waals surface area (Å²) in [5.74, 6) is 0. The quantitative estimate of drug-likeness (QED) is 0.805. The first-order valence-corrected chi connectivity index (χ1v) is 8.38. The van der Waals surface area contributed by atoms with Gasteiger partial charge in [-0.05, 0) is 41.8 Å². The number of fused-ring (bicyclic) bond motifs is 1. The molecule has 21 heavy (non-hydrogen) atoms. The largest absolute Gasteiger partial charge is 0.363 e. The van der Waals surface area contributed by atoms with E-state index in [9.17, 15) is 0 Å². The van der Waals surface area contributed by atoms with Gasteiger partial charge in [-0.2, -0.15) is 0 Å². The summed E-state index contributed by atoms with van der Waals surface area (Å²) in [5.41, 5.74) is 5.61. The molecule has 2 aromatic carbocycles. The third kappa shape index (κ3) is 3.30. The smallest absolute Gasteiger partial charge is 0.0436 e. The second kappa shape index (κ2) is 6.63. The third-order valence-electron chi connectivity index (χ3n) is 3.97. The van der Waals surface area contributed by atoms with Crippen molar-refractivity contribution in [3.63, 3.8) is 0 Å². The van der Waals surface area contributed by atoms with Crippen LogP contribution in [0.3, 0.4) is 0 Å². The molecule has 3 heteroatoms. The van der Waals surface area contributed by atoms with Crippen LogP contribution < -0.4 is 10.2 Å². The zero-order valence-electron chi connectivity index (χ0n) is 12.4. The van der Waals surface area contributed by atoms with E-state index in [1.54, 1.807) is 0 Å². The van der Waals surface area contributed by atoms with Gasteiger partial charge in [0.25, 0.3) is 0 Å². The van der Waals surface area contributed by atoms with Gasteiger partial charge in [-0.1, -0.05) is 53.2 Å². The molecule has 1 N–H and O–H groups in total. The fourth-order valence-electron chi connectivity index (χ4n) is 2.88. The van der Waals surface area contributed by atoms with E-state index >= 15 is 0 Å². The van der Waals surface area contributed by atoms with Crippen LogP contribution in [0.2, 0.25) is 0 Å². The van der Waals surface area contributed by atoms with Crippen molar-refractivity contribution in [1.29, 1.82) is 0 Å². The van der Waals surface area contributed by atoms with Crippen molar-refractivity contribution >= 4 is 21.6 Å². The monoisotopic (exact) mass is 344 g/mol. The molecule has 3 rings (SSSR count). The van der Waals surface area contributed by atoms with Crippen molar-refractivity contribution < 1.29 is 0 Å². The SMILES string of the molecule is CCCNCc1ccc(Br)cc1N1Cc2ccccc2C1. The molecule has 0 atom stereocenters. The minimum Gasteiger partial charge on any atom is -0.363 e. The van der Waals surface area contributed by atoms with Crippen LogP contribution in [0, 0.1) is 0 Å². The number of nitrogens with zero attached hydrogens (tertiary/aromatic N) is 1. The summed E-state index contributed by atoms with van der Waals surface area (Å²) in [6.07, 6.45) is 1.17. The molecule has 2 aromatic rings. The van der Waals surface area contributed by atoms with Gasteiger partial charge in [-0.3, -0.25) is 0 Å². The van der Waals surface area contributed by atoms with Crippen molar-refractivity contribution in [1.82, 2.24) is 5.32 Å². The minimum atomic E-state index is 0.934. The van der Waals surface area contributed by atoms with Crippen molar-refractivity contribution in [3.8, 4) is 0 Å². The second-order valence-corrected chi connectivity index (χ2v) is 6.49. The summed E-state index contributed by atoms with van der Waals surface area (Å²) >= 11 is 3.61. The van der Waals surface area contributed by atoms with Crippen LogP contribution in [-0.2, 0) is 19.6 Å². The Bertz CT molecular complexity index is 599. The predicted molar refractivity (Wildman–Crippen MR) is 92.5 cm³/mol. The van der Waals surface area contributed by atoms with E-state index in [-0.39, 0.29) is 0 Å². The maximum atomic E-state index is 3.61. The molecule has 1 aliphatic rings. The average molecular weight is 345 g/mol. The fraction of sp³-hybridized carbons (Fsp3) is 0.333. The molecule has 0 radical (unpaired) electrons. The van der Waals surface area contributed by atoms with Gasteiger partial charge in [-0.15, -0.1) is 0 Å². The summed E-state index contributed by atoms with van der Waals surface area (Å²) in [5, 5.41) is 3.51. The highest BCUT2D eigenvalue weighted by atomic mass is 79.9. The molecule has 2 nitrogen and oxygen atoms in total. The lowest BCUT2D eigenvalue weighted by molar-refractivity contribution is 0.672. The molecule has 0 unspecified atom stereocenters. The number of benzene rings is 2. The predicted octanol–water partition coefficient (Wildman–Crippen LogP) is 4.47. The highest BCUT2D eigenvalue weighted by Gasteiger charge is 2.20. The van der Waals surface area contributed by atoms with E-state index < -0.39 is 0 Å². The molecule has 1 aliphatic heterocycles. The van der Waals surface area contributed by atoms with Crippen LogP contribution >= 0.6 is 15.9 Å². The van der Waals surface area contributed by atoms with E-state index in [1.807, 2.05) is 0 Å². The van der Waals surface area contributed by atoms with E-state index in [1.165, 1.54) is 28.8 Å². The lowest BCUT2D eigenvalue weighted by Crippen LogP contribution is -2.20. The second-order valence-electron chi connectivity index (χ2n) is 5.57. The summed E-state index contributed by atoms with van der Waals surface area (Å²) in [6, 6.07) is 15.3. The Labute approximate surface area is 135 Å². The standard InChI is InChI=1S/C18H21BrN2/c1-2-9-20-11-14-7-8-17(19)10-18(14)21-12-15-5-3-4-6-16(15)13-21/h3-8,10,20H,2,9,11-13H2,1H3. The van der Waals surface area contributed by atoms with Crippen molar-refractivity contribution in [3.05, 3.63) is 63.6 Å². The van der Waals surface area contributed by atoms with Crippen molar-refractivity contribution in [2.75, 3.05) is 11.4 Å². The molecule has 110 valence electrons. The zero-order valence-corrected chi connectivity index (χ0v) is 14.0. The maximum absolute atomic E-state index is 3.61. The lowest BCUT2D eigenvalue weighted by atomic mass is 10.1. The molecular weight excluding hydrogens is 324 g/mol. The minimum absolute atomic E-state index is 0.934. The van der Waals surface area contributed by atoms with Crippen LogP contribution in [0.25, 0.3) is 0 Å². The van der Waals surface area contributed by atoms with E-state index in [2.05, 4.69) is 75.5 Å². The highest BCUT2D eigenvalue weighted by molar-refractivity contribution is 9.10. The molecule has 0 saturated carbocycles. The van der Waals surface area contributed by atoms with Gasteiger partial charge in [0.15, 0.2) is 0 Å². The molecular formula is C18H21BrN2. The van der Waals surface area contributed by atoms with Gasteiger partial charge < -0.3 is 10.2 Å².